The normalized spacial score (nSPS) is 10.5. The van der Waals surface area contributed by atoms with Gasteiger partial charge in [-0.1, -0.05) is 0 Å². The number of hydrogen-bond donors (Lipinski definition) is 2. The SMILES string of the molecule is Cc1nc(Sc2nccs2)c(N)[nH]1. The molecule has 0 atom stereocenters. The van der Waals surface area contributed by atoms with Crippen LogP contribution in [0.15, 0.2) is 20.9 Å². The van der Waals surface area contributed by atoms with E-state index in [1.807, 2.05) is 12.3 Å². The fourth-order valence-electron chi connectivity index (χ4n) is 0.910. The van der Waals surface area contributed by atoms with E-state index in [0.29, 0.717) is 5.82 Å². The molecule has 3 N–H and O–H groups in total. The topological polar surface area (TPSA) is 67.6 Å². The first-order valence-electron chi connectivity index (χ1n) is 3.65. The Morgan fingerprint density at radius 3 is 3.00 bits per heavy atom. The molecule has 0 aliphatic heterocycles. The van der Waals surface area contributed by atoms with Gasteiger partial charge in [-0.2, -0.15) is 0 Å². The van der Waals surface area contributed by atoms with Crippen LogP contribution in [0.4, 0.5) is 5.82 Å². The summed E-state index contributed by atoms with van der Waals surface area (Å²) in [6.45, 7) is 1.88. The van der Waals surface area contributed by atoms with E-state index >= 15 is 0 Å². The van der Waals surface area contributed by atoms with Gasteiger partial charge in [0.05, 0.1) is 0 Å². The van der Waals surface area contributed by atoms with E-state index in [4.69, 9.17) is 5.73 Å². The summed E-state index contributed by atoms with van der Waals surface area (Å²) in [5.74, 6) is 1.44. The molecule has 0 aromatic carbocycles. The molecule has 0 aliphatic carbocycles. The van der Waals surface area contributed by atoms with Crippen LogP contribution in [0.25, 0.3) is 0 Å². The van der Waals surface area contributed by atoms with Gasteiger partial charge in [-0.15, -0.1) is 11.3 Å². The van der Waals surface area contributed by atoms with Crippen LogP contribution < -0.4 is 5.73 Å². The lowest BCUT2D eigenvalue weighted by atomic mass is 10.8. The van der Waals surface area contributed by atoms with Crippen molar-refractivity contribution in [1.82, 2.24) is 15.0 Å². The zero-order valence-corrected chi connectivity index (χ0v) is 8.58. The fourth-order valence-corrected chi connectivity index (χ4v) is 2.49. The summed E-state index contributed by atoms with van der Waals surface area (Å²) >= 11 is 3.06. The van der Waals surface area contributed by atoms with Gasteiger partial charge in [-0.3, -0.25) is 0 Å². The second-order valence-corrected chi connectivity index (χ2v) is 4.57. The van der Waals surface area contributed by atoms with Crippen LogP contribution >= 0.6 is 23.1 Å². The molecule has 0 saturated carbocycles. The smallest absolute Gasteiger partial charge is 0.156 e. The van der Waals surface area contributed by atoms with E-state index < -0.39 is 0 Å². The Kier molecular flexibility index (Phi) is 2.24. The van der Waals surface area contributed by atoms with E-state index in [1.165, 1.54) is 11.8 Å². The third-order valence-electron chi connectivity index (χ3n) is 1.41. The number of thiazole rings is 1. The predicted molar refractivity (Wildman–Crippen MR) is 54.0 cm³/mol. The van der Waals surface area contributed by atoms with Crippen LogP contribution in [0.5, 0.6) is 0 Å². The molecule has 0 bridgehead atoms. The van der Waals surface area contributed by atoms with Gasteiger partial charge in [0, 0.05) is 11.6 Å². The number of aryl methyl sites for hydroxylation is 1. The zero-order chi connectivity index (χ0) is 9.26. The average molecular weight is 212 g/mol. The molecule has 0 saturated heterocycles. The standard InChI is InChI=1S/C7H8N4S2/c1-4-10-5(8)6(11-4)13-7-9-2-3-12-7/h2-3H,8H2,1H3,(H,10,11). The van der Waals surface area contributed by atoms with Crippen molar-refractivity contribution in [3.8, 4) is 0 Å². The highest BCUT2D eigenvalue weighted by Gasteiger charge is 2.07. The van der Waals surface area contributed by atoms with Gasteiger partial charge in [-0.25, -0.2) is 9.97 Å². The Morgan fingerprint density at radius 1 is 1.62 bits per heavy atom. The first-order chi connectivity index (χ1) is 6.25. The largest absolute Gasteiger partial charge is 0.383 e. The number of nitrogen functional groups attached to an aromatic ring is 1. The second kappa shape index (κ2) is 3.39. The highest BCUT2D eigenvalue weighted by atomic mass is 32.2. The van der Waals surface area contributed by atoms with E-state index in [2.05, 4.69) is 15.0 Å². The first-order valence-corrected chi connectivity index (χ1v) is 5.35. The van der Waals surface area contributed by atoms with Crippen molar-refractivity contribution in [2.24, 2.45) is 0 Å². The number of nitrogens with one attached hydrogen (secondary N) is 1. The van der Waals surface area contributed by atoms with Crippen LogP contribution in [0.3, 0.4) is 0 Å². The van der Waals surface area contributed by atoms with Crippen LogP contribution in [0, 0.1) is 6.92 Å². The minimum atomic E-state index is 0.609. The summed E-state index contributed by atoms with van der Waals surface area (Å²) in [6, 6.07) is 0. The van der Waals surface area contributed by atoms with Crippen LogP contribution in [0.2, 0.25) is 0 Å². The molecule has 4 nitrogen and oxygen atoms in total. The predicted octanol–water partition coefficient (Wildman–Crippen LogP) is 1.91. The third-order valence-corrected chi connectivity index (χ3v) is 3.30. The molecule has 0 amide bonds. The molecule has 68 valence electrons. The first kappa shape index (κ1) is 8.58. The van der Waals surface area contributed by atoms with Gasteiger partial charge in [0.1, 0.15) is 16.7 Å². The number of aromatic amines is 1. The van der Waals surface area contributed by atoms with Crippen molar-refractivity contribution >= 4 is 28.9 Å². The summed E-state index contributed by atoms with van der Waals surface area (Å²) in [6.07, 6.45) is 1.77. The van der Waals surface area contributed by atoms with Gasteiger partial charge in [-0.05, 0) is 18.7 Å². The van der Waals surface area contributed by atoms with Gasteiger partial charge in [0.2, 0.25) is 0 Å². The summed E-state index contributed by atoms with van der Waals surface area (Å²) < 4.78 is 0.957. The Labute approximate surface area is 83.6 Å². The molecular weight excluding hydrogens is 204 g/mol. The molecule has 0 radical (unpaired) electrons. The fraction of sp³-hybridized carbons (Fsp3) is 0.143. The van der Waals surface area contributed by atoms with Gasteiger partial charge in [0.25, 0.3) is 0 Å². The minimum absolute atomic E-state index is 0.609. The zero-order valence-electron chi connectivity index (χ0n) is 6.94. The Bertz CT molecular complexity index is 393. The van der Waals surface area contributed by atoms with Crippen molar-refractivity contribution in [2.75, 3.05) is 5.73 Å². The van der Waals surface area contributed by atoms with Gasteiger partial charge >= 0.3 is 0 Å². The summed E-state index contributed by atoms with van der Waals surface area (Å²) in [5.41, 5.74) is 5.70. The number of aromatic nitrogens is 3. The number of rotatable bonds is 2. The lowest BCUT2D eigenvalue weighted by molar-refractivity contribution is 1.10. The molecule has 6 heteroatoms. The van der Waals surface area contributed by atoms with Crippen molar-refractivity contribution in [2.45, 2.75) is 16.3 Å². The molecular formula is C7H8N4S2. The summed E-state index contributed by atoms with van der Waals surface area (Å²) in [7, 11) is 0. The highest BCUT2D eigenvalue weighted by Crippen LogP contribution is 2.31. The molecule has 0 unspecified atom stereocenters. The van der Waals surface area contributed by atoms with Crippen molar-refractivity contribution < 1.29 is 0 Å². The maximum absolute atomic E-state index is 5.70. The van der Waals surface area contributed by atoms with E-state index in [1.54, 1.807) is 17.5 Å². The van der Waals surface area contributed by atoms with Crippen molar-refractivity contribution in [3.63, 3.8) is 0 Å². The average Bonchev–Trinajstić information content (AvgIpc) is 2.63. The maximum atomic E-state index is 5.70. The van der Waals surface area contributed by atoms with Crippen LogP contribution in [-0.4, -0.2) is 15.0 Å². The van der Waals surface area contributed by atoms with Crippen molar-refractivity contribution in [3.05, 3.63) is 17.4 Å². The lowest BCUT2D eigenvalue weighted by Crippen LogP contribution is -1.85. The maximum Gasteiger partial charge on any atom is 0.156 e. The summed E-state index contributed by atoms with van der Waals surface area (Å²) in [4.78, 5) is 11.3. The molecule has 2 heterocycles. The van der Waals surface area contributed by atoms with Gasteiger partial charge < -0.3 is 10.7 Å². The molecule has 0 aliphatic rings. The number of imidazole rings is 1. The lowest BCUT2D eigenvalue weighted by Gasteiger charge is -1.91. The molecule has 13 heavy (non-hydrogen) atoms. The Balaban J connectivity index is 2.23. The van der Waals surface area contributed by atoms with Gasteiger partial charge in [0.15, 0.2) is 4.34 Å². The molecule has 2 aromatic heterocycles. The molecule has 2 rings (SSSR count). The third kappa shape index (κ3) is 1.84. The van der Waals surface area contributed by atoms with Crippen LogP contribution in [0.1, 0.15) is 5.82 Å². The highest BCUT2D eigenvalue weighted by molar-refractivity contribution is 8.01. The van der Waals surface area contributed by atoms with E-state index in [0.717, 1.165) is 15.2 Å². The monoisotopic (exact) mass is 212 g/mol. The number of hydrogen-bond acceptors (Lipinski definition) is 5. The number of anilines is 1. The quantitative estimate of drug-likeness (QED) is 0.798. The second-order valence-electron chi connectivity index (χ2n) is 2.44. The molecule has 0 fully saturated rings. The summed E-state index contributed by atoms with van der Waals surface area (Å²) in [5, 5.41) is 2.73. The minimum Gasteiger partial charge on any atom is -0.383 e. The van der Waals surface area contributed by atoms with E-state index in [9.17, 15) is 0 Å². The molecule has 0 spiro atoms. The number of H-pyrrole nitrogens is 1. The van der Waals surface area contributed by atoms with Crippen LogP contribution in [-0.2, 0) is 0 Å². The Hall–Kier alpha value is -1.01. The number of nitrogens with zero attached hydrogens (tertiary/aromatic N) is 2. The molecule has 2 aromatic rings. The Morgan fingerprint density at radius 2 is 2.46 bits per heavy atom. The van der Waals surface area contributed by atoms with Crippen molar-refractivity contribution in [1.29, 1.82) is 0 Å². The number of nitrogens with two attached hydrogens (primary N) is 1. The van der Waals surface area contributed by atoms with E-state index in [-0.39, 0.29) is 0 Å².